The minimum atomic E-state index is 0.220. The molecule has 0 saturated heterocycles. The van der Waals surface area contributed by atoms with Crippen molar-refractivity contribution in [1.82, 2.24) is 19.5 Å². The van der Waals surface area contributed by atoms with Crippen molar-refractivity contribution in [2.24, 2.45) is 0 Å². The Bertz CT molecular complexity index is 555. The number of nitrogens with zero attached hydrogens (tertiary/aromatic N) is 5. The van der Waals surface area contributed by atoms with Crippen molar-refractivity contribution in [2.75, 3.05) is 7.11 Å². The Balaban J connectivity index is 2.53. The van der Waals surface area contributed by atoms with E-state index < -0.39 is 0 Å². The summed E-state index contributed by atoms with van der Waals surface area (Å²) >= 11 is 0. The summed E-state index contributed by atoms with van der Waals surface area (Å²) in [6, 6.07) is 1.91. The molecule has 0 aliphatic carbocycles. The van der Waals surface area contributed by atoms with Crippen LogP contribution in [0.3, 0.4) is 0 Å². The number of hydrogen-bond acceptors (Lipinski definition) is 5. The molecule has 0 bridgehead atoms. The third kappa shape index (κ3) is 1.70. The highest BCUT2D eigenvalue weighted by molar-refractivity contribution is 5.37. The molecule has 0 atom stereocenters. The Hall–Kier alpha value is -2.42. The average molecular weight is 215 g/mol. The normalized spacial score (nSPS) is 9.81. The molecule has 0 saturated carbocycles. The van der Waals surface area contributed by atoms with E-state index in [1.165, 1.54) is 13.3 Å². The van der Waals surface area contributed by atoms with Crippen molar-refractivity contribution < 1.29 is 4.74 Å². The zero-order chi connectivity index (χ0) is 11.5. The molecule has 0 aromatic carbocycles. The van der Waals surface area contributed by atoms with Crippen molar-refractivity contribution in [1.29, 1.82) is 5.26 Å². The van der Waals surface area contributed by atoms with Gasteiger partial charge in [0.15, 0.2) is 5.69 Å². The molecular weight excluding hydrogens is 206 g/mol. The van der Waals surface area contributed by atoms with Crippen LogP contribution in [-0.4, -0.2) is 26.6 Å². The van der Waals surface area contributed by atoms with Gasteiger partial charge in [-0.1, -0.05) is 0 Å². The van der Waals surface area contributed by atoms with E-state index in [0.717, 1.165) is 5.69 Å². The van der Waals surface area contributed by atoms with Gasteiger partial charge in [0.2, 0.25) is 5.82 Å². The van der Waals surface area contributed by atoms with Crippen molar-refractivity contribution in [3.63, 3.8) is 0 Å². The van der Waals surface area contributed by atoms with Crippen LogP contribution >= 0.6 is 0 Å². The Morgan fingerprint density at radius 1 is 1.44 bits per heavy atom. The molecule has 80 valence electrons. The first-order valence-electron chi connectivity index (χ1n) is 4.56. The molecule has 0 aliphatic rings. The van der Waals surface area contributed by atoms with Crippen LogP contribution in [0.15, 0.2) is 18.7 Å². The van der Waals surface area contributed by atoms with Crippen LogP contribution in [0, 0.1) is 18.3 Å². The standard InChI is InChI=1S/C10H9N5O/c1-7-5-15(6-13-7)9-10(16-2)14-8(3-11)4-12-9/h4-6H,1-2H3. The Labute approximate surface area is 92.2 Å². The quantitative estimate of drug-likeness (QED) is 0.742. The summed E-state index contributed by atoms with van der Waals surface area (Å²) in [4.78, 5) is 12.2. The zero-order valence-electron chi connectivity index (χ0n) is 8.88. The van der Waals surface area contributed by atoms with Crippen LogP contribution < -0.4 is 4.74 Å². The smallest absolute Gasteiger partial charge is 0.259 e. The van der Waals surface area contributed by atoms with Gasteiger partial charge < -0.3 is 4.74 Å². The van der Waals surface area contributed by atoms with Crippen molar-refractivity contribution in [3.8, 4) is 17.8 Å². The fraction of sp³-hybridized carbons (Fsp3) is 0.200. The van der Waals surface area contributed by atoms with Crippen LogP contribution in [0.5, 0.6) is 5.88 Å². The van der Waals surface area contributed by atoms with Gasteiger partial charge in [0.1, 0.15) is 12.4 Å². The number of ether oxygens (including phenoxy) is 1. The second-order valence-electron chi connectivity index (χ2n) is 3.12. The lowest BCUT2D eigenvalue weighted by Crippen LogP contribution is -2.02. The molecule has 0 aliphatic heterocycles. The van der Waals surface area contributed by atoms with Crippen LogP contribution in [-0.2, 0) is 0 Å². The van der Waals surface area contributed by atoms with Gasteiger partial charge in [0.25, 0.3) is 5.88 Å². The Morgan fingerprint density at radius 2 is 2.25 bits per heavy atom. The van der Waals surface area contributed by atoms with E-state index >= 15 is 0 Å². The predicted octanol–water partition coefficient (Wildman–Crippen LogP) is 0.851. The molecular formula is C10H9N5O. The summed E-state index contributed by atoms with van der Waals surface area (Å²) in [6.45, 7) is 1.88. The number of nitriles is 1. The van der Waals surface area contributed by atoms with Gasteiger partial charge in [-0.05, 0) is 6.92 Å². The minimum Gasteiger partial charge on any atom is -0.478 e. The number of imidazole rings is 1. The first-order valence-corrected chi connectivity index (χ1v) is 4.56. The van der Waals surface area contributed by atoms with Gasteiger partial charge in [0.05, 0.1) is 19.0 Å². The lowest BCUT2D eigenvalue weighted by molar-refractivity contribution is 0.393. The third-order valence-corrected chi connectivity index (χ3v) is 1.99. The second-order valence-corrected chi connectivity index (χ2v) is 3.12. The third-order valence-electron chi connectivity index (χ3n) is 1.99. The molecule has 2 aromatic heterocycles. The molecule has 0 N–H and O–H groups in total. The van der Waals surface area contributed by atoms with E-state index in [-0.39, 0.29) is 5.69 Å². The number of rotatable bonds is 2. The van der Waals surface area contributed by atoms with E-state index in [1.807, 2.05) is 13.0 Å². The van der Waals surface area contributed by atoms with Crippen molar-refractivity contribution in [3.05, 3.63) is 30.1 Å². The highest BCUT2D eigenvalue weighted by Crippen LogP contribution is 2.17. The molecule has 6 nitrogen and oxygen atoms in total. The predicted molar refractivity (Wildman–Crippen MR) is 55.2 cm³/mol. The molecule has 0 radical (unpaired) electrons. The van der Waals surface area contributed by atoms with E-state index in [1.54, 1.807) is 17.1 Å². The average Bonchev–Trinajstić information content (AvgIpc) is 2.74. The largest absolute Gasteiger partial charge is 0.478 e. The molecule has 6 heteroatoms. The first-order chi connectivity index (χ1) is 7.74. The summed E-state index contributed by atoms with van der Waals surface area (Å²) in [5, 5.41) is 8.70. The minimum absolute atomic E-state index is 0.220. The molecule has 0 unspecified atom stereocenters. The van der Waals surface area contributed by atoms with Crippen LogP contribution in [0.25, 0.3) is 5.82 Å². The SMILES string of the molecule is COc1nc(C#N)cnc1-n1cnc(C)c1. The monoisotopic (exact) mass is 215 g/mol. The highest BCUT2D eigenvalue weighted by atomic mass is 16.5. The number of methoxy groups -OCH3 is 1. The molecule has 0 fully saturated rings. The summed E-state index contributed by atoms with van der Waals surface area (Å²) in [6.07, 6.45) is 4.82. The summed E-state index contributed by atoms with van der Waals surface area (Å²) in [5.74, 6) is 0.818. The Morgan fingerprint density at radius 3 is 2.81 bits per heavy atom. The highest BCUT2D eigenvalue weighted by Gasteiger charge is 2.10. The number of aromatic nitrogens is 4. The molecule has 2 heterocycles. The number of hydrogen-bond donors (Lipinski definition) is 0. The van der Waals surface area contributed by atoms with Gasteiger partial charge >= 0.3 is 0 Å². The van der Waals surface area contributed by atoms with Crippen molar-refractivity contribution >= 4 is 0 Å². The van der Waals surface area contributed by atoms with Gasteiger partial charge in [-0.25, -0.2) is 9.97 Å². The summed E-state index contributed by atoms with van der Waals surface area (Å²) in [5.41, 5.74) is 1.09. The molecule has 2 aromatic rings. The molecule has 16 heavy (non-hydrogen) atoms. The van der Waals surface area contributed by atoms with E-state index in [9.17, 15) is 0 Å². The fourth-order valence-electron chi connectivity index (χ4n) is 1.27. The van der Waals surface area contributed by atoms with E-state index in [4.69, 9.17) is 10.00 Å². The van der Waals surface area contributed by atoms with Crippen LogP contribution in [0.2, 0.25) is 0 Å². The van der Waals surface area contributed by atoms with Crippen molar-refractivity contribution in [2.45, 2.75) is 6.92 Å². The fourth-order valence-corrected chi connectivity index (χ4v) is 1.27. The molecule has 0 spiro atoms. The van der Waals surface area contributed by atoms with Gasteiger partial charge in [-0.3, -0.25) is 4.57 Å². The lowest BCUT2D eigenvalue weighted by atomic mass is 10.5. The molecule has 0 amide bonds. The van der Waals surface area contributed by atoms with Gasteiger partial charge in [0, 0.05) is 6.20 Å². The van der Waals surface area contributed by atoms with Gasteiger partial charge in [-0.2, -0.15) is 10.2 Å². The maximum absolute atomic E-state index is 8.70. The van der Waals surface area contributed by atoms with E-state index in [0.29, 0.717) is 11.7 Å². The Kier molecular flexibility index (Phi) is 2.52. The molecule has 2 rings (SSSR count). The topological polar surface area (TPSA) is 76.6 Å². The van der Waals surface area contributed by atoms with Crippen LogP contribution in [0.1, 0.15) is 11.4 Å². The van der Waals surface area contributed by atoms with E-state index in [2.05, 4.69) is 15.0 Å². The maximum atomic E-state index is 8.70. The number of aryl methyl sites for hydroxylation is 1. The lowest BCUT2D eigenvalue weighted by Gasteiger charge is -2.05. The van der Waals surface area contributed by atoms with Crippen LogP contribution in [0.4, 0.5) is 0 Å². The van der Waals surface area contributed by atoms with Gasteiger partial charge in [-0.15, -0.1) is 0 Å². The maximum Gasteiger partial charge on any atom is 0.259 e. The second kappa shape index (κ2) is 3.98. The summed E-state index contributed by atoms with van der Waals surface area (Å²) in [7, 11) is 1.48. The first kappa shape index (κ1) is 10.1. The summed E-state index contributed by atoms with van der Waals surface area (Å²) < 4.78 is 6.77. The zero-order valence-corrected chi connectivity index (χ0v) is 8.88.